The first-order chi connectivity index (χ1) is 8.70. The van der Waals surface area contributed by atoms with Crippen LogP contribution in [0.1, 0.15) is 37.4 Å². The highest BCUT2D eigenvalue weighted by molar-refractivity contribution is 6.29. The molecule has 1 N–H and O–H groups in total. The number of piperidine rings is 1. The number of hydrogen-bond donors (Lipinski definition) is 1. The molecular weight excluding hydrogens is 248 g/mol. The lowest BCUT2D eigenvalue weighted by Gasteiger charge is -2.29. The summed E-state index contributed by atoms with van der Waals surface area (Å²) in [5, 5.41) is 4.06. The van der Waals surface area contributed by atoms with Gasteiger partial charge in [-0.05, 0) is 45.8 Å². The van der Waals surface area contributed by atoms with Gasteiger partial charge in [-0.1, -0.05) is 11.6 Å². The Kier molecular flexibility index (Phi) is 3.39. The maximum Gasteiger partial charge on any atom is 0.135 e. The van der Waals surface area contributed by atoms with Crippen LogP contribution in [0.3, 0.4) is 0 Å². The molecular formula is C13H19ClN4. The smallest absolute Gasteiger partial charge is 0.135 e. The molecule has 1 saturated heterocycles. The SMILES string of the molecule is CN1CCC(Nc2cc(Cl)nc(C3CC3)n2)CC1. The third kappa shape index (κ3) is 2.93. The van der Waals surface area contributed by atoms with E-state index in [1.807, 2.05) is 6.07 Å². The van der Waals surface area contributed by atoms with E-state index in [4.69, 9.17) is 11.6 Å². The van der Waals surface area contributed by atoms with Gasteiger partial charge in [-0.3, -0.25) is 0 Å². The van der Waals surface area contributed by atoms with Gasteiger partial charge in [-0.25, -0.2) is 9.97 Å². The second-order valence-corrected chi connectivity index (χ2v) is 5.82. The first kappa shape index (κ1) is 12.2. The van der Waals surface area contributed by atoms with Crippen molar-refractivity contribution in [2.24, 2.45) is 0 Å². The molecule has 0 unspecified atom stereocenters. The Balaban J connectivity index is 1.68. The van der Waals surface area contributed by atoms with Crippen molar-refractivity contribution in [3.05, 3.63) is 17.0 Å². The van der Waals surface area contributed by atoms with E-state index in [1.165, 1.54) is 12.8 Å². The monoisotopic (exact) mass is 266 g/mol. The fourth-order valence-corrected chi connectivity index (χ4v) is 2.59. The van der Waals surface area contributed by atoms with Crippen molar-refractivity contribution in [1.82, 2.24) is 14.9 Å². The van der Waals surface area contributed by atoms with E-state index >= 15 is 0 Å². The van der Waals surface area contributed by atoms with Crippen LogP contribution in [-0.2, 0) is 0 Å². The van der Waals surface area contributed by atoms with Crippen LogP contribution in [0.25, 0.3) is 0 Å². The second-order valence-electron chi connectivity index (χ2n) is 5.43. The maximum absolute atomic E-state index is 6.06. The summed E-state index contributed by atoms with van der Waals surface area (Å²) >= 11 is 6.06. The molecule has 1 aromatic heterocycles. The fourth-order valence-electron chi connectivity index (χ4n) is 2.40. The molecule has 2 fully saturated rings. The van der Waals surface area contributed by atoms with Crippen LogP contribution in [0, 0.1) is 0 Å². The summed E-state index contributed by atoms with van der Waals surface area (Å²) in [5.74, 6) is 2.35. The molecule has 18 heavy (non-hydrogen) atoms. The van der Waals surface area contributed by atoms with Crippen LogP contribution in [0.15, 0.2) is 6.07 Å². The number of hydrogen-bond acceptors (Lipinski definition) is 4. The molecule has 0 radical (unpaired) electrons. The average Bonchev–Trinajstić information content (AvgIpc) is 3.15. The first-order valence-electron chi connectivity index (χ1n) is 6.70. The molecule has 1 saturated carbocycles. The summed E-state index contributed by atoms with van der Waals surface area (Å²) in [7, 11) is 2.17. The minimum Gasteiger partial charge on any atom is -0.367 e. The van der Waals surface area contributed by atoms with Crippen LogP contribution in [0.4, 0.5) is 5.82 Å². The first-order valence-corrected chi connectivity index (χ1v) is 7.08. The van der Waals surface area contributed by atoms with Gasteiger partial charge >= 0.3 is 0 Å². The van der Waals surface area contributed by atoms with E-state index in [9.17, 15) is 0 Å². The molecule has 3 rings (SSSR count). The van der Waals surface area contributed by atoms with Crippen LogP contribution in [0.2, 0.25) is 5.15 Å². The number of likely N-dealkylation sites (tertiary alicyclic amines) is 1. The third-order valence-corrected chi connectivity index (χ3v) is 3.92. The number of halogens is 1. The van der Waals surface area contributed by atoms with Gasteiger partial charge in [-0.15, -0.1) is 0 Å². The van der Waals surface area contributed by atoms with E-state index in [0.717, 1.165) is 37.6 Å². The van der Waals surface area contributed by atoms with Crippen molar-refractivity contribution in [3.8, 4) is 0 Å². The molecule has 0 spiro atoms. The highest BCUT2D eigenvalue weighted by Gasteiger charge is 2.27. The van der Waals surface area contributed by atoms with Gasteiger partial charge in [0.1, 0.15) is 16.8 Å². The Morgan fingerprint density at radius 1 is 1.22 bits per heavy atom. The molecule has 98 valence electrons. The predicted molar refractivity (Wildman–Crippen MR) is 73.2 cm³/mol. The quantitative estimate of drug-likeness (QED) is 0.854. The fraction of sp³-hybridized carbons (Fsp3) is 0.692. The standard InChI is InChI=1S/C13H19ClN4/c1-18-6-4-10(5-7-18)15-12-8-11(14)16-13(17-12)9-2-3-9/h8-10H,2-7H2,1H3,(H,15,16,17). The van der Waals surface area contributed by atoms with Crippen LogP contribution in [-0.4, -0.2) is 41.0 Å². The average molecular weight is 267 g/mol. The lowest BCUT2D eigenvalue weighted by atomic mass is 10.1. The molecule has 1 aliphatic heterocycles. The topological polar surface area (TPSA) is 41.0 Å². The van der Waals surface area contributed by atoms with Gasteiger partial charge in [0.15, 0.2) is 0 Å². The molecule has 4 nitrogen and oxygen atoms in total. The minimum absolute atomic E-state index is 0.513. The Bertz CT molecular complexity index is 425. The molecule has 0 atom stereocenters. The molecule has 0 aromatic carbocycles. The van der Waals surface area contributed by atoms with E-state index in [2.05, 4.69) is 27.2 Å². The summed E-state index contributed by atoms with van der Waals surface area (Å²) in [6.07, 6.45) is 4.73. The molecule has 1 aromatic rings. The van der Waals surface area contributed by atoms with Crippen LogP contribution in [0.5, 0.6) is 0 Å². The normalized spacial score (nSPS) is 22.1. The van der Waals surface area contributed by atoms with Crippen molar-refractivity contribution < 1.29 is 0 Å². The van der Waals surface area contributed by atoms with Gasteiger partial charge in [0, 0.05) is 18.0 Å². The van der Waals surface area contributed by atoms with Gasteiger partial charge in [0.2, 0.25) is 0 Å². The summed E-state index contributed by atoms with van der Waals surface area (Å²) in [4.78, 5) is 11.3. The largest absolute Gasteiger partial charge is 0.367 e. The zero-order valence-corrected chi connectivity index (χ0v) is 11.5. The predicted octanol–water partition coefficient (Wildman–Crippen LogP) is 2.51. The van der Waals surface area contributed by atoms with Gasteiger partial charge in [0.05, 0.1) is 0 Å². The highest BCUT2D eigenvalue weighted by atomic mass is 35.5. The number of nitrogens with one attached hydrogen (secondary N) is 1. The third-order valence-electron chi connectivity index (χ3n) is 3.73. The maximum atomic E-state index is 6.06. The Morgan fingerprint density at radius 3 is 2.61 bits per heavy atom. The highest BCUT2D eigenvalue weighted by Crippen LogP contribution is 2.38. The minimum atomic E-state index is 0.513. The van der Waals surface area contributed by atoms with Gasteiger partial charge in [0.25, 0.3) is 0 Å². The zero-order valence-electron chi connectivity index (χ0n) is 10.7. The van der Waals surface area contributed by atoms with Crippen molar-refractivity contribution in [1.29, 1.82) is 0 Å². The van der Waals surface area contributed by atoms with Crippen molar-refractivity contribution in [2.45, 2.75) is 37.6 Å². The Labute approximate surface area is 113 Å². The van der Waals surface area contributed by atoms with E-state index in [-0.39, 0.29) is 0 Å². The number of aromatic nitrogens is 2. The number of anilines is 1. The van der Waals surface area contributed by atoms with Gasteiger partial charge in [-0.2, -0.15) is 0 Å². The van der Waals surface area contributed by atoms with Gasteiger partial charge < -0.3 is 10.2 Å². The molecule has 0 amide bonds. The molecule has 0 bridgehead atoms. The lowest BCUT2D eigenvalue weighted by molar-refractivity contribution is 0.263. The van der Waals surface area contributed by atoms with Crippen molar-refractivity contribution in [2.75, 3.05) is 25.5 Å². The molecule has 1 aliphatic carbocycles. The van der Waals surface area contributed by atoms with E-state index in [0.29, 0.717) is 17.1 Å². The Morgan fingerprint density at radius 2 is 1.94 bits per heavy atom. The summed E-state index contributed by atoms with van der Waals surface area (Å²) in [6.45, 7) is 2.29. The molecule has 2 aliphatic rings. The van der Waals surface area contributed by atoms with Crippen LogP contribution >= 0.6 is 11.6 Å². The van der Waals surface area contributed by atoms with E-state index < -0.39 is 0 Å². The molecule has 2 heterocycles. The number of rotatable bonds is 3. The van der Waals surface area contributed by atoms with E-state index in [1.54, 1.807) is 0 Å². The second kappa shape index (κ2) is 5.02. The summed E-state index contributed by atoms with van der Waals surface area (Å²) < 4.78 is 0. The summed E-state index contributed by atoms with van der Waals surface area (Å²) in [6, 6.07) is 2.35. The zero-order chi connectivity index (χ0) is 12.5. The molecule has 5 heteroatoms. The Hall–Kier alpha value is -0.870. The van der Waals surface area contributed by atoms with Crippen LogP contribution < -0.4 is 5.32 Å². The lowest BCUT2D eigenvalue weighted by Crippen LogP contribution is -2.36. The van der Waals surface area contributed by atoms with Crippen molar-refractivity contribution in [3.63, 3.8) is 0 Å². The number of nitrogens with zero attached hydrogens (tertiary/aromatic N) is 3. The van der Waals surface area contributed by atoms with Crippen molar-refractivity contribution >= 4 is 17.4 Å². The summed E-state index contributed by atoms with van der Waals surface area (Å²) in [5.41, 5.74) is 0.